The second kappa shape index (κ2) is 5.51. The monoisotopic (exact) mass is 300 g/mol. The molecule has 1 aliphatic rings. The van der Waals surface area contributed by atoms with E-state index in [1.807, 2.05) is 29.2 Å². The fourth-order valence-corrected chi connectivity index (χ4v) is 2.54. The van der Waals surface area contributed by atoms with Crippen LogP contribution in [0.5, 0.6) is 0 Å². The van der Waals surface area contributed by atoms with Crippen molar-refractivity contribution < 1.29 is 14.7 Å². The third kappa shape index (κ3) is 2.65. The topological polar surface area (TPSA) is 87.5 Å². The smallest absolute Gasteiger partial charge is 0.356 e. The number of carbonyl (C=O) groups is 2. The van der Waals surface area contributed by atoms with E-state index >= 15 is 0 Å². The van der Waals surface area contributed by atoms with Crippen LogP contribution in [0.4, 0.5) is 5.69 Å². The summed E-state index contributed by atoms with van der Waals surface area (Å²) >= 11 is 0. The third-order valence-corrected chi connectivity index (χ3v) is 3.67. The molecule has 0 saturated carbocycles. The van der Waals surface area contributed by atoms with Crippen LogP contribution in [0.2, 0.25) is 0 Å². The van der Waals surface area contributed by atoms with E-state index in [0.29, 0.717) is 13.1 Å². The number of aromatic carboxylic acids is 1. The average Bonchev–Trinajstić information content (AvgIpc) is 2.90. The van der Waals surface area contributed by atoms with Gasteiger partial charge in [-0.05, 0) is 23.8 Å². The number of nitrogens with zero attached hydrogens (tertiary/aromatic N) is 3. The normalized spacial score (nSPS) is 14.8. The minimum absolute atomic E-state index is 0.0214. The van der Waals surface area contributed by atoms with Gasteiger partial charge in [0.15, 0.2) is 5.69 Å². The number of carboxylic acids is 1. The molecule has 114 valence electrons. The first kappa shape index (κ1) is 14.1. The van der Waals surface area contributed by atoms with Crippen molar-refractivity contribution in [2.75, 3.05) is 24.5 Å². The number of hydrogen-bond acceptors (Lipinski definition) is 4. The maximum atomic E-state index is 11.4. The predicted octanol–water partition coefficient (Wildman–Crippen LogP) is 0.721. The first-order valence-corrected chi connectivity index (χ1v) is 6.94. The minimum atomic E-state index is -1.04. The van der Waals surface area contributed by atoms with Crippen LogP contribution in [0, 0.1) is 0 Å². The molecule has 1 amide bonds. The average molecular weight is 300 g/mol. The second-order valence-corrected chi connectivity index (χ2v) is 5.16. The van der Waals surface area contributed by atoms with Crippen molar-refractivity contribution in [3.63, 3.8) is 0 Å². The summed E-state index contributed by atoms with van der Waals surface area (Å²) in [5.74, 6) is -1.02. The lowest BCUT2D eigenvalue weighted by molar-refractivity contribution is -0.120. The molecule has 1 aromatic carbocycles. The molecule has 22 heavy (non-hydrogen) atoms. The van der Waals surface area contributed by atoms with E-state index < -0.39 is 5.97 Å². The first-order valence-electron chi connectivity index (χ1n) is 6.94. The quantitative estimate of drug-likeness (QED) is 0.872. The first-order chi connectivity index (χ1) is 10.5. The number of benzene rings is 1. The van der Waals surface area contributed by atoms with Crippen molar-refractivity contribution in [3.8, 4) is 11.3 Å². The van der Waals surface area contributed by atoms with Crippen LogP contribution in [0.15, 0.2) is 30.3 Å². The molecule has 7 heteroatoms. The molecule has 2 aromatic rings. The summed E-state index contributed by atoms with van der Waals surface area (Å²) in [4.78, 5) is 24.4. The van der Waals surface area contributed by atoms with Crippen molar-refractivity contribution in [2.24, 2.45) is 7.05 Å². The molecule has 1 aromatic heterocycles. The summed E-state index contributed by atoms with van der Waals surface area (Å²) in [6.45, 7) is 1.78. The fraction of sp³-hybridized carbons (Fsp3) is 0.267. The van der Waals surface area contributed by atoms with E-state index in [0.717, 1.165) is 23.5 Å². The molecule has 7 nitrogen and oxygen atoms in total. The highest BCUT2D eigenvalue weighted by atomic mass is 16.4. The number of anilines is 1. The van der Waals surface area contributed by atoms with Gasteiger partial charge in [0.2, 0.25) is 5.91 Å². The predicted molar refractivity (Wildman–Crippen MR) is 80.8 cm³/mol. The molecular weight excluding hydrogens is 284 g/mol. The zero-order valence-corrected chi connectivity index (χ0v) is 12.1. The van der Waals surface area contributed by atoms with E-state index in [4.69, 9.17) is 5.11 Å². The summed E-state index contributed by atoms with van der Waals surface area (Å²) in [6.07, 6.45) is 0. The lowest BCUT2D eigenvalue weighted by Gasteiger charge is -2.28. The lowest BCUT2D eigenvalue weighted by atomic mass is 10.1. The number of nitrogens with one attached hydrogen (secondary N) is 1. The van der Waals surface area contributed by atoms with Crippen LogP contribution in [-0.2, 0) is 11.8 Å². The number of piperazine rings is 1. The summed E-state index contributed by atoms with van der Waals surface area (Å²) in [5, 5.41) is 15.7. The second-order valence-electron chi connectivity index (χ2n) is 5.16. The molecule has 0 unspecified atom stereocenters. The number of amides is 1. The number of aromatic nitrogens is 2. The molecule has 0 radical (unpaired) electrons. The van der Waals surface area contributed by atoms with Gasteiger partial charge in [0.25, 0.3) is 0 Å². The number of carboxylic acid groups (broad SMARTS) is 1. The van der Waals surface area contributed by atoms with Gasteiger partial charge in [0.1, 0.15) is 0 Å². The Balaban J connectivity index is 1.85. The van der Waals surface area contributed by atoms with Crippen molar-refractivity contribution >= 4 is 17.6 Å². The van der Waals surface area contributed by atoms with Crippen LogP contribution >= 0.6 is 0 Å². The molecule has 0 spiro atoms. The molecule has 1 fully saturated rings. The molecule has 2 heterocycles. The van der Waals surface area contributed by atoms with E-state index in [2.05, 4.69) is 10.4 Å². The lowest BCUT2D eigenvalue weighted by Crippen LogP contribution is -2.47. The summed E-state index contributed by atoms with van der Waals surface area (Å²) < 4.78 is 1.55. The van der Waals surface area contributed by atoms with Gasteiger partial charge in [-0.2, -0.15) is 5.10 Å². The third-order valence-electron chi connectivity index (χ3n) is 3.67. The molecular formula is C15H16N4O3. The highest BCUT2D eigenvalue weighted by molar-refractivity contribution is 5.87. The molecule has 0 bridgehead atoms. The SMILES string of the molecule is Cn1nc(C(=O)O)cc1-c1ccc(N2CCNC(=O)C2)cc1. The summed E-state index contributed by atoms with van der Waals surface area (Å²) in [6, 6.07) is 9.23. The number of carbonyl (C=O) groups excluding carboxylic acids is 1. The Hall–Kier alpha value is -2.83. The Bertz CT molecular complexity index is 721. The summed E-state index contributed by atoms with van der Waals surface area (Å²) in [5.41, 5.74) is 2.61. The molecule has 2 N–H and O–H groups in total. The van der Waals surface area contributed by atoms with Gasteiger partial charge in [-0.15, -0.1) is 0 Å². The highest BCUT2D eigenvalue weighted by Gasteiger charge is 2.17. The van der Waals surface area contributed by atoms with Crippen molar-refractivity contribution in [1.82, 2.24) is 15.1 Å². The van der Waals surface area contributed by atoms with Gasteiger partial charge < -0.3 is 15.3 Å². The summed E-state index contributed by atoms with van der Waals surface area (Å²) in [7, 11) is 1.71. The van der Waals surface area contributed by atoms with Crippen LogP contribution < -0.4 is 10.2 Å². The van der Waals surface area contributed by atoms with Crippen molar-refractivity contribution in [1.29, 1.82) is 0 Å². The number of hydrogen-bond donors (Lipinski definition) is 2. The van der Waals surface area contributed by atoms with Gasteiger partial charge in [0.05, 0.1) is 12.2 Å². The van der Waals surface area contributed by atoms with Gasteiger partial charge in [-0.3, -0.25) is 9.48 Å². The maximum Gasteiger partial charge on any atom is 0.356 e. The Morgan fingerprint density at radius 2 is 2.05 bits per heavy atom. The van der Waals surface area contributed by atoms with Gasteiger partial charge in [-0.1, -0.05) is 12.1 Å². The zero-order valence-electron chi connectivity index (χ0n) is 12.1. The van der Waals surface area contributed by atoms with Crippen molar-refractivity contribution in [3.05, 3.63) is 36.0 Å². The van der Waals surface area contributed by atoms with Crippen LogP contribution in [0.25, 0.3) is 11.3 Å². The van der Waals surface area contributed by atoms with Crippen LogP contribution in [-0.4, -0.2) is 46.4 Å². The molecule has 3 rings (SSSR count). The van der Waals surface area contributed by atoms with Crippen LogP contribution in [0.1, 0.15) is 10.5 Å². The number of rotatable bonds is 3. The van der Waals surface area contributed by atoms with E-state index in [-0.39, 0.29) is 11.6 Å². The Morgan fingerprint density at radius 1 is 1.32 bits per heavy atom. The number of aryl methyl sites for hydroxylation is 1. The highest BCUT2D eigenvalue weighted by Crippen LogP contribution is 2.24. The standard InChI is InChI=1S/C15H16N4O3/c1-18-13(8-12(17-18)15(21)22)10-2-4-11(5-3-10)19-7-6-16-14(20)9-19/h2-5,8H,6-7,9H2,1H3,(H,16,20)(H,21,22). The Morgan fingerprint density at radius 3 is 2.64 bits per heavy atom. The molecule has 0 aliphatic carbocycles. The van der Waals surface area contributed by atoms with Gasteiger partial charge >= 0.3 is 5.97 Å². The maximum absolute atomic E-state index is 11.4. The van der Waals surface area contributed by atoms with Gasteiger partial charge in [0, 0.05) is 25.8 Å². The van der Waals surface area contributed by atoms with Gasteiger partial charge in [-0.25, -0.2) is 4.79 Å². The zero-order chi connectivity index (χ0) is 15.7. The van der Waals surface area contributed by atoms with E-state index in [1.54, 1.807) is 17.8 Å². The fourth-order valence-electron chi connectivity index (χ4n) is 2.54. The molecule has 1 saturated heterocycles. The van der Waals surface area contributed by atoms with Crippen LogP contribution in [0.3, 0.4) is 0 Å². The minimum Gasteiger partial charge on any atom is -0.476 e. The molecule has 0 atom stereocenters. The largest absolute Gasteiger partial charge is 0.476 e. The Kier molecular flexibility index (Phi) is 3.54. The Labute approximate surface area is 127 Å². The van der Waals surface area contributed by atoms with E-state index in [1.165, 1.54) is 0 Å². The van der Waals surface area contributed by atoms with Crippen molar-refractivity contribution in [2.45, 2.75) is 0 Å². The molecule has 1 aliphatic heterocycles. The van der Waals surface area contributed by atoms with E-state index in [9.17, 15) is 9.59 Å².